The Morgan fingerprint density at radius 3 is 0.967 bits per heavy atom. The van der Waals surface area contributed by atoms with Gasteiger partial charge in [0.25, 0.3) is 0 Å². The van der Waals surface area contributed by atoms with Crippen LogP contribution in [0.5, 0.6) is 0 Å². The maximum Gasteiger partial charge on any atom is 0.166 e. The molecular formula is C52H52F4N4. The smallest absolute Gasteiger partial charge is 0.166 e. The van der Waals surface area contributed by atoms with Crippen molar-refractivity contribution in [1.29, 1.82) is 0 Å². The number of nitrogens with zero attached hydrogens (tertiary/aromatic N) is 4. The fraction of sp³-hybridized carbons (Fsp3) is 0.269. The van der Waals surface area contributed by atoms with Gasteiger partial charge < -0.3 is 0 Å². The maximum absolute atomic E-state index is 15.6. The summed E-state index contributed by atoms with van der Waals surface area (Å²) in [6.07, 6.45) is 0. The molecule has 0 atom stereocenters. The van der Waals surface area contributed by atoms with Gasteiger partial charge >= 0.3 is 0 Å². The molecule has 0 aromatic heterocycles. The predicted octanol–water partition coefficient (Wildman–Crippen LogP) is 15.1. The van der Waals surface area contributed by atoms with Crippen molar-refractivity contribution in [3.63, 3.8) is 0 Å². The Balaban J connectivity index is 1.61. The molecule has 6 aromatic carbocycles. The van der Waals surface area contributed by atoms with E-state index >= 15 is 17.6 Å². The van der Waals surface area contributed by atoms with Crippen LogP contribution in [0.25, 0.3) is 0 Å². The van der Waals surface area contributed by atoms with Crippen molar-refractivity contribution in [3.8, 4) is 0 Å². The van der Waals surface area contributed by atoms with Gasteiger partial charge in [0.15, 0.2) is 11.6 Å². The van der Waals surface area contributed by atoms with Crippen molar-refractivity contribution in [2.75, 3.05) is 19.6 Å². The molecule has 0 fully saturated rings. The minimum Gasteiger partial charge on any atom is -0.291 e. The van der Waals surface area contributed by atoms with Gasteiger partial charge in [0.05, 0.1) is 22.7 Å². The normalized spacial score (nSPS) is 15.3. The highest BCUT2D eigenvalue weighted by Crippen LogP contribution is 2.58. The summed E-state index contributed by atoms with van der Waals surface area (Å²) in [6, 6.07) is 30.4. The van der Waals surface area contributed by atoms with Gasteiger partial charge in [0, 0.05) is 22.7 Å². The summed E-state index contributed by atoms with van der Waals surface area (Å²) in [5.41, 5.74) is 10.7. The van der Waals surface area contributed by atoms with E-state index in [2.05, 4.69) is 97.5 Å². The van der Waals surface area contributed by atoms with Gasteiger partial charge in [-0.05, 0) is 182 Å². The summed E-state index contributed by atoms with van der Waals surface area (Å²) in [5.74, 6) is 0.0779. The number of aryl methyl sites for hydroxylation is 6. The van der Waals surface area contributed by atoms with E-state index in [1.165, 1.54) is 12.1 Å². The second kappa shape index (κ2) is 14.3. The number of halogens is 4. The molecule has 308 valence electrons. The first kappa shape index (κ1) is 40.7. The lowest BCUT2D eigenvalue weighted by Gasteiger charge is -2.35. The highest BCUT2D eigenvalue weighted by Gasteiger charge is 2.45. The van der Waals surface area contributed by atoms with Crippen molar-refractivity contribution >= 4 is 45.5 Å². The van der Waals surface area contributed by atoms with Crippen molar-refractivity contribution in [2.45, 2.75) is 93.9 Å². The van der Waals surface area contributed by atoms with E-state index in [0.717, 1.165) is 39.6 Å². The number of anilines is 8. The summed E-state index contributed by atoms with van der Waals surface area (Å²) in [4.78, 5) is 8.59. The summed E-state index contributed by atoms with van der Waals surface area (Å²) in [7, 11) is 0. The Bertz CT molecular complexity index is 2730. The van der Waals surface area contributed by atoms with Gasteiger partial charge in [0.1, 0.15) is 23.3 Å². The van der Waals surface area contributed by atoms with Crippen LogP contribution >= 0.6 is 0 Å². The molecule has 0 unspecified atom stereocenters. The molecule has 2 heterocycles. The SMILES string of the molecule is Cc1cc(N2/C(=C3\N(c4cc(C)c(F)c(C)c4)c4ccc(C(C)(C)C)cc4N3c3ccc(F)c(C)c3)N(c3cc(C)c(F)c(C)c3)c3cc(C(C)(C)C)ccc32)ccc1F. The van der Waals surface area contributed by atoms with Crippen LogP contribution in [0.1, 0.15) is 86.1 Å². The van der Waals surface area contributed by atoms with Crippen LogP contribution in [0.3, 0.4) is 0 Å². The lowest BCUT2D eigenvalue weighted by atomic mass is 9.86. The fourth-order valence-electron chi connectivity index (χ4n) is 8.46. The standard InChI is InChI=1S/C52H52F4N4/c1-29-21-37(15-17-41(29)53)57-43-19-13-36(52(10,11)12)28-46(43)60(40-25-33(5)48(56)34(6)26-40)49(57)50-58(38-16-18-42(54)30(2)22-38)45-27-35(51(7,8)9)14-20-44(45)59(50)39-23-31(3)47(55)32(4)24-39/h13-28H,1-12H3/b50-49+. The molecule has 0 N–H and O–H groups in total. The number of fused-ring (bicyclic) bond motifs is 2. The van der Waals surface area contributed by atoms with Crippen LogP contribution in [0.15, 0.2) is 109 Å². The Hall–Kier alpha value is -6.02. The van der Waals surface area contributed by atoms with Crippen molar-refractivity contribution < 1.29 is 17.6 Å². The summed E-state index contributed by atoms with van der Waals surface area (Å²) in [6.45, 7) is 23.6. The van der Waals surface area contributed by atoms with E-state index in [1.807, 2.05) is 36.4 Å². The van der Waals surface area contributed by atoms with Gasteiger partial charge in [-0.25, -0.2) is 17.6 Å². The van der Waals surface area contributed by atoms with Gasteiger partial charge in [-0.1, -0.05) is 53.7 Å². The summed E-state index contributed by atoms with van der Waals surface area (Å²) >= 11 is 0. The van der Waals surface area contributed by atoms with E-state index in [0.29, 0.717) is 62.1 Å². The van der Waals surface area contributed by atoms with Gasteiger partial charge in [-0.15, -0.1) is 0 Å². The minimum absolute atomic E-state index is 0.233. The third-order valence-corrected chi connectivity index (χ3v) is 11.9. The first-order valence-corrected chi connectivity index (χ1v) is 20.5. The molecule has 0 aliphatic carbocycles. The fourth-order valence-corrected chi connectivity index (χ4v) is 8.46. The second-order valence-electron chi connectivity index (χ2n) is 18.5. The predicted molar refractivity (Wildman–Crippen MR) is 240 cm³/mol. The first-order valence-electron chi connectivity index (χ1n) is 20.5. The summed E-state index contributed by atoms with van der Waals surface area (Å²) in [5, 5.41) is 0. The Morgan fingerprint density at radius 2 is 0.633 bits per heavy atom. The topological polar surface area (TPSA) is 13.0 Å². The highest BCUT2D eigenvalue weighted by molar-refractivity contribution is 6.00. The van der Waals surface area contributed by atoms with Gasteiger partial charge in [0.2, 0.25) is 0 Å². The van der Waals surface area contributed by atoms with Crippen LogP contribution in [0.4, 0.5) is 63.1 Å². The third kappa shape index (κ3) is 6.70. The number of rotatable bonds is 4. The highest BCUT2D eigenvalue weighted by atomic mass is 19.1. The molecule has 2 aliphatic rings. The molecule has 0 saturated heterocycles. The van der Waals surface area contributed by atoms with Crippen molar-refractivity contribution in [1.82, 2.24) is 0 Å². The van der Waals surface area contributed by atoms with Crippen LogP contribution in [-0.4, -0.2) is 0 Å². The molecule has 0 saturated carbocycles. The van der Waals surface area contributed by atoms with Gasteiger partial charge in [-0.3, -0.25) is 19.6 Å². The van der Waals surface area contributed by atoms with Crippen molar-refractivity contribution in [2.24, 2.45) is 0 Å². The van der Waals surface area contributed by atoms with E-state index in [-0.39, 0.29) is 34.1 Å². The lowest BCUT2D eigenvalue weighted by molar-refractivity contribution is 0.590. The molecular weight excluding hydrogens is 757 g/mol. The maximum atomic E-state index is 15.6. The largest absolute Gasteiger partial charge is 0.291 e. The third-order valence-electron chi connectivity index (χ3n) is 11.9. The molecule has 0 bridgehead atoms. The average Bonchev–Trinajstić information content (AvgIpc) is 3.69. The number of hydrogen-bond donors (Lipinski definition) is 0. The molecule has 8 heteroatoms. The lowest BCUT2D eigenvalue weighted by Crippen LogP contribution is -2.33. The van der Waals surface area contributed by atoms with Crippen LogP contribution in [-0.2, 0) is 10.8 Å². The molecule has 0 spiro atoms. The second-order valence-corrected chi connectivity index (χ2v) is 18.5. The molecule has 8 rings (SSSR count). The zero-order chi connectivity index (χ0) is 43.3. The van der Waals surface area contributed by atoms with E-state index in [4.69, 9.17) is 0 Å². The molecule has 60 heavy (non-hydrogen) atoms. The molecule has 6 aromatic rings. The zero-order valence-corrected chi connectivity index (χ0v) is 36.5. The Kier molecular flexibility index (Phi) is 9.72. The summed E-state index contributed by atoms with van der Waals surface area (Å²) < 4.78 is 61.8. The zero-order valence-electron chi connectivity index (χ0n) is 36.5. The molecule has 0 radical (unpaired) electrons. The quantitative estimate of drug-likeness (QED) is 0.164. The van der Waals surface area contributed by atoms with Crippen LogP contribution in [0.2, 0.25) is 0 Å². The van der Waals surface area contributed by atoms with Crippen molar-refractivity contribution in [3.05, 3.63) is 176 Å². The average molecular weight is 809 g/mol. The monoisotopic (exact) mass is 808 g/mol. The van der Waals surface area contributed by atoms with Crippen LogP contribution < -0.4 is 19.6 Å². The molecule has 0 amide bonds. The Labute approximate surface area is 352 Å². The minimum atomic E-state index is -0.331. The van der Waals surface area contributed by atoms with Gasteiger partial charge in [-0.2, -0.15) is 0 Å². The number of benzene rings is 6. The number of hydrogen-bond acceptors (Lipinski definition) is 4. The Morgan fingerprint density at radius 1 is 0.333 bits per heavy atom. The first-order chi connectivity index (χ1) is 28.1. The van der Waals surface area contributed by atoms with E-state index in [1.54, 1.807) is 53.7 Å². The van der Waals surface area contributed by atoms with E-state index < -0.39 is 0 Å². The molecule has 4 nitrogen and oxygen atoms in total. The van der Waals surface area contributed by atoms with Crippen LogP contribution in [0, 0.1) is 64.8 Å². The molecule has 2 aliphatic heterocycles. The van der Waals surface area contributed by atoms with E-state index in [9.17, 15) is 0 Å².